The minimum Gasteiger partial charge on any atom is -0.379 e. The highest BCUT2D eigenvalue weighted by Crippen LogP contribution is 2.14. The van der Waals surface area contributed by atoms with E-state index in [9.17, 15) is 9.59 Å². The van der Waals surface area contributed by atoms with Crippen LogP contribution in [-0.2, 0) is 29.0 Å². The Bertz CT molecular complexity index is 1030. The molecule has 1 fully saturated rings. The first kappa shape index (κ1) is 23.2. The normalized spacial score (nSPS) is 15.0. The first-order chi connectivity index (χ1) is 16.2. The Morgan fingerprint density at radius 2 is 1.67 bits per heavy atom. The van der Waals surface area contributed by atoms with Gasteiger partial charge < -0.3 is 15.4 Å². The van der Waals surface area contributed by atoms with Crippen LogP contribution in [0.25, 0.3) is 0 Å². The zero-order valence-electron chi connectivity index (χ0n) is 18.5. The number of amides is 2. The number of thiophene rings is 1. The maximum Gasteiger partial charge on any atom is 0.262 e. The molecule has 1 atom stereocenters. The number of nitrogens with zero attached hydrogens (tertiary/aromatic N) is 1. The predicted octanol–water partition coefficient (Wildman–Crippen LogP) is 3.24. The van der Waals surface area contributed by atoms with E-state index in [1.807, 2.05) is 60.0 Å². The van der Waals surface area contributed by atoms with Crippen molar-refractivity contribution in [3.63, 3.8) is 0 Å². The molecule has 2 N–H and O–H groups in total. The lowest BCUT2D eigenvalue weighted by Crippen LogP contribution is -2.47. The second kappa shape index (κ2) is 11.7. The molecule has 33 heavy (non-hydrogen) atoms. The average Bonchev–Trinajstić information content (AvgIpc) is 3.39. The molecule has 4 rings (SSSR count). The van der Waals surface area contributed by atoms with Crippen LogP contribution in [0, 0.1) is 0 Å². The molecule has 1 aromatic heterocycles. The highest BCUT2D eigenvalue weighted by molar-refractivity contribution is 7.12. The Kier molecular flexibility index (Phi) is 8.24. The molecule has 3 aromatic rings. The van der Waals surface area contributed by atoms with Gasteiger partial charge in [0.05, 0.1) is 18.1 Å². The number of hydrogen-bond donors (Lipinski definition) is 2. The van der Waals surface area contributed by atoms with Gasteiger partial charge in [-0.2, -0.15) is 0 Å². The summed E-state index contributed by atoms with van der Waals surface area (Å²) in [6.07, 6.45) is 0.430. The van der Waals surface area contributed by atoms with Gasteiger partial charge in [0.25, 0.3) is 5.91 Å². The zero-order chi connectivity index (χ0) is 22.9. The SMILES string of the molecule is O=C(N[C@@H](Cc1ccccc1)C(=O)NCc1ccccc1CN1CCOCC1)c1cccs1. The van der Waals surface area contributed by atoms with Gasteiger partial charge in [-0.05, 0) is 28.1 Å². The number of nitrogens with one attached hydrogen (secondary N) is 2. The molecular weight excluding hydrogens is 434 g/mol. The maximum atomic E-state index is 13.2. The number of hydrogen-bond acceptors (Lipinski definition) is 5. The summed E-state index contributed by atoms with van der Waals surface area (Å²) in [4.78, 5) is 28.8. The van der Waals surface area contributed by atoms with Crippen LogP contribution in [0.4, 0.5) is 0 Å². The zero-order valence-corrected chi connectivity index (χ0v) is 19.4. The number of benzene rings is 2. The van der Waals surface area contributed by atoms with Crippen LogP contribution < -0.4 is 10.6 Å². The molecule has 172 valence electrons. The van der Waals surface area contributed by atoms with Crippen molar-refractivity contribution in [2.75, 3.05) is 26.3 Å². The quantitative estimate of drug-likeness (QED) is 0.511. The maximum absolute atomic E-state index is 13.2. The van der Waals surface area contributed by atoms with Crippen LogP contribution in [0.3, 0.4) is 0 Å². The minimum atomic E-state index is -0.659. The fourth-order valence-electron chi connectivity index (χ4n) is 3.89. The standard InChI is InChI=1S/C26H29N3O3S/c30-25(27-18-21-9-4-5-10-22(21)19-29-12-14-32-15-13-29)23(17-20-7-2-1-3-8-20)28-26(31)24-11-6-16-33-24/h1-11,16,23H,12-15,17-19H2,(H,27,30)(H,28,31)/t23-/m0/s1. The molecule has 0 spiro atoms. The Hall–Kier alpha value is -3.00. The van der Waals surface area contributed by atoms with Gasteiger partial charge in [-0.15, -0.1) is 11.3 Å². The molecule has 7 heteroatoms. The Labute approximate surface area is 198 Å². The minimum absolute atomic E-state index is 0.190. The van der Waals surface area contributed by atoms with Crippen molar-refractivity contribution in [1.82, 2.24) is 15.5 Å². The molecule has 0 radical (unpaired) electrons. The van der Waals surface area contributed by atoms with Gasteiger partial charge >= 0.3 is 0 Å². The number of ether oxygens (including phenoxy) is 1. The monoisotopic (exact) mass is 463 g/mol. The Morgan fingerprint density at radius 1 is 0.939 bits per heavy atom. The third kappa shape index (κ3) is 6.74. The van der Waals surface area contributed by atoms with Crippen molar-refractivity contribution >= 4 is 23.2 Å². The van der Waals surface area contributed by atoms with Crippen molar-refractivity contribution in [3.8, 4) is 0 Å². The molecule has 2 aromatic carbocycles. The summed E-state index contributed by atoms with van der Waals surface area (Å²) in [5.74, 6) is -0.418. The van der Waals surface area contributed by atoms with E-state index in [0.717, 1.165) is 44.0 Å². The lowest BCUT2D eigenvalue weighted by atomic mass is 10.0. The Balaban J connectivity index is 1.42. The van der Waals surface area contributed by atoms with E-state index in [2.05, 4.69) is 21.6 Å². The number of morpholine rings is 1. The van der Waals surface area contributed by atoms with Crippen LogP contribution >= 0.6 is 11.3 Å². The molecule has 0 aliphatic carbocycles. The van der Waals surface area contributed by atoms with Gasteiger partial charge in [0.15, 0.2) is 0 Å². The first-order valence-corrected chi connectivity index (χ1v) is 12.1. The lowest BCUT2D eigenvalue weighted by Gasteiger charge is -2.27. The number of carbonyl (C=O) groups is 2. The molecular formula is C26H29N3O3S. The van der Waals surface area contributed by atoms with E-state index in [-0.39, 0.29) is 11.8 Å². The molecule has 0 bridgehead atoms. The number of carbonyl (C=O) groups excluding carboxylic acids is 2. The van der Waals surface area contributed by atoms with Gasteiger partial charge in [-0.3, -0.25) is 14.5 Å². The lowest BCUT2D eigenvalue weighted by molar-refractivity contribution is -0.123. The molecule has 2 heterocycles. The third-order valence-corrected chi connectivity index (χ3v) is 6.59. The van der Waals surface area contributed by atoms with Crippen LogP contribution in [0.1, 0.15) is 26.4 Å². The smallest absolute Gasteiger partial charge is 0.262 e. The van der Waals surface area contributed by atoms with E-state index in [0.29, 0.717) is 17.8 Å². The summed E-state index contributed by atoms with van der Waals surface area (Å²) in [6.45, 7) is 4.58. The topological polar surface area (TPSA) is 70.7 Å². The fraction of sp³-hybridized carbons (Fsp3) is 0.308. The highest BCUT2D eigenvalue weighted by atomic mass is 32.1. The second-order valence-electron chi connectivity index (χ2n) is 8.07. The third-order valence-electron chi connectivity index (χ3n) is 5.72. The van der Waals surface area contributed by atoms with Crippen LogP contribution in [-0.4, -0.2) is 49.1 Å². The van der Waals surface area contributed by atoms with Gasteiger partial charge in [0, 0.05) is 32.6 Å². The van der Waals surface area contributed by atoms with Crippen molar-refractivity contribution in [1.29, 1.82) is 0 Å². The van der Waals surface area contributed by atoms with Gasteiger partial charge in [0.1, 0.15) is 6.04 Å². The molecule has 2 amide bonds. The molecule has 0 unspecified atom stereocenters. The number of rotatable bonds is 9. The van der Waals surface area contributed by atoms with E-state index >= 15 is 0 Å². The van der Waals surface area contributed by atoms with Crippen molar-refractivity contribution in [2.45, 2.75) is 25.6 Å². The summed E-state index contributed by atoms with van der Waals surface area (Å²) in [7, 11) is 0. The van der Waals surface area contributed by atoms with Crippen LogP contribution in [0.2, 0.25) is 0 Å². The highest BCUT2D eigenvalue weighted by Gasteiger charge is 2.22. The summed E-state index contributed by atoms with van der Waals surface area (Å²) in [6, 6.07) is 20.9. The van der Waals surface area contributed by atoms with E-state index in [1.165, 1.54) is 16.9 Å². The average molecular weight is 464 g/mol. The molecule has 0 saturated carbocycles. The van der Waals surface area contributed by atoms with E-state index < -0.39 is 6.04 Å². The molecule has 1 aliphatic rings. The van der Waals surface area contributed by atoms with Gasteiger partial charge in [0.2, 0.25) is 5.91 Å². The molecule has 1 saturated heterocycles. The van der Waals surface area contributed by atoms with E-state index in [4.69, 9.17) is 4.74 Å². The van der Waals surface area contributed by atoms with Crippen LogP contribution in [0.15, 0.2) is 72.1 Å². The Morgan fingerprint density at radius 3 is 2.39 bits per heavy atom. The summed E-state index contributed by atoms with van der Waals surface area (Å²) >= 11 is 1.36. The first-order valence-electron chi connectivity index (χ1n) is 11.2. The van der Waals surface area contributed by atoms with Crippen molar-refractivity contribution in [3.05, 3.63) is 93.7 Å². The molecule has 6 nitrogen and oxygen atoms in total. The van der Waals surface area contributed by atoms with Crippen molar-refractivity contribution < 1.29 is 14.3 Å². The van der Waals surface area contributed by atoms with E-state index in [1.54, 1.807) is 6.07 Å². The second-order valence-corrected chi connectivity index (χ2v) is 9.02. The predicted molar refractivity (Wildman–Crippen MR) is 130 cm³/mol. The largest absolute Gasteiger partial charge is 0.379 e. The fourth-order valence-corrected chi connectivity index (χ4v) is 4.51. The van der Waals surface area contributed by atoms with Gasteiger partial charge in [-0.25, -0.2) is 0 Å². The summed E-state index contributed by atoms with van der Waals surface area (Å²) < 4.78 is 5.45. The van der Waals surface area contributed by atoms with Crippen molar-refractivity contribution in [2.24, 2.45) is 0 Å². The molecule has 1 aliphatic heterocycles. The van der Waals surface area contributed by atoms with Crippen LogP contribution in [0.5, 0.6) is 0 Å². The summed E-state index contributed by atoms with van der Waals surface area (Å²) in [5, 5.41) is 7.83. The summed E-state index contributed by atoms with van der Waals surface area (Å²) in [5.41, 5.74) is 3.28. The van der Waals surface area contributed by atoms with Gasteiger partial charge in [-0.1, -0.05) is 60.7 Å².